The first kappa shape index (κ1) is 13.5. The fourth-order valence-corrected chi connectivity index (χ4v) is 2.61. The molecule has 1 aromatic carbocycles. The van der Waals surface area contributed by atoms with Gasteiger partial charge in [0.25, 0.3) is 0 Å². The molecule has 1 aromatic rings. The molecule has 0 aromatic heterocycles. The zero-order valence-corrected chi connectivity index (χ0v) is 11.2. The van der Waals surface area contributed by atoms with Crippen molar-refractivity contribution in [2.24, 2.45) is 5.92 Å². The van der Waals surface area contributed by atoms with Crippen LogP contribution in [0.15, 0.2) is 24.3 Å². The van der Waals surface area contributed by atoms with E-state index in [1.165, 1.54) is 6.07 Å². The maximum absolute atomic E-state index is 13.2. The normalized spacial score (nSPS) is 24.4. The Morgan fingerprint density at radius 1 is 1.44 bits per heavy atom. The van der Waals surface area contributed by atoms with Gasteiger partial charge in [-0.05, 0) is 30.5 Å². The molecular weight excluding hydrogens is 229 g/mol. The van der Waals surface area contributed by atoms with Crippen LogP contribution in [-0.2, 0) is 11.2 Å². The molecule has 1 fully saturated rings. The van der Waals surface area contributed by atoms with Gasteiger partial charge in [-0.3, -0.25) is 0 Å². The fraction of sp³-hybridized carbons (Fsp3) is 0.600. The fourth-order valence-electron chi connectivity index (χ4n) is 2.61. The van der Waals surface area contributed by atoms with Gasteiger partial charge in [0.1, 0.15) is 5.82 Å². The van der Waals surface area contributed by atoms with Crippen molar-refractivity contribution in [1.29, 1.82) is 0 Å². The van der Waals surface area contributed by atoms with Crippen LogP contribution in [0.4, 0.5) is 4.39 Å². The van der Waals surface area contributed by atoms with Crippen molar-refractivity contribution < 1.29 is 9.13 Å². The van der Waals surface area contributed by atoms with Crippen molar-refractivity contribution in [3.05, 3.63) is 35.6 Å². The van der Waals surface area contributed by atoms with E-state index in [1.54, 1.807) is 12.1 Å². The van der Waals surface area contributed by atoms with Crippen LogP contribution in [0.2, 0.25) is 0 Å². The molecule has 18 heavy (non-hydrogen) atoms. The molecule has 2 unspecified atom stereocenters. The Bertz CT molecular complexity index is 381. The summed E-state index contributed by atoms with van der Waals surface area (Å²) in [6, 6.07) is 7.83. The van der Waals surface area contributed by atoms with E-state index >= 15 is 0 Å². The van der Waals surface area contributed by atoms with Crippen molar-refractivity contribution in [2.75, 3.05) is 13.2 Å². The molecule has 0 bridgehead atoms. The van der Waals surface area contributed by atoms with Crippen molar-refractivity contribution in [3.8, 4) is 0 Å². The smallest absolute Gasteiger partial charge is 0.123 e. The van der Waals surface area contributed by atoms with E-state index < -0.39 is 0 Å². The van der Waals surface area contributed by atoms with Gasteiger partial charge < -0.3 is 10.1 Å². The first-order valence-electron chi connectivity index (χ1n) is 6.73. The van der Waals surface area contributed by atoms with Gasteiger partial charge in [0.2, 0.25) is 0 Å². The second-order valence-electron chi connectivity index (χ2n) is 5.39. The highest BCUT2D eigenvalue weighted by molar-refractivity contribution is 5.17. The molecule has 1 aliphatic heterocycles. The number of ether oxygens (including phenoxy) is 1. The minimum atomic E-state index is -0.155. The van der Waals surface area contributed by atoms with E-state index in [0.717, 1.165) is 31.6 Å². The SMILES string of the molecule is CC(C)NC1CCOCC1Cc1cccc(F)c1. The second-order valence-corrected chi connectivity index (χ2v) is 5.39. The molecule has 0 saturated carbocycles. The average molecular weight is 251 g/mol. The van der Waals surface area contributed by atoms with Gasteiger partial charge in [-0.2, -0.15) is 0 Å². The highest BCUT2D eigenvalue weighted by Gasteiger charge is 2.26. The van der Waals surface area contributed by atoms with Crippen molar-refractivity contribution in [3.63, 3.8) is 0 Å². The topological polar surface area (TPSA) is 21.3 Å². The number of halogens is 1. The minimum absolute atomic E-state index is 0.155. The molecule has 100 valence electrons. The quantitative estimate of drug-likeness (QED) is 0.888. The lowest BCUT2D eigenvalue weighted by molar-refractivity contribution is 0.0300. The lowest BCUT2D eigenvalue weighted by atomic mass is 9.89. The lowest BCUT2D eigenvalue weighted by Gasteiger charge is -2.33. The number of benzene rings is 1. The van der Waals surface area contributed by atoms with Crippen molar-refractivity contribution >= 4 is 0 Å². The maximum atomic E-state index is 13.2. The highest BCUT2D eigenvalue weighted by atomic mass is 19.1. The molecule has 2 nitrogen and oxygen atoms in total. The lowest BCUT2D eigenvalue weighted by Crippen LogP contribution is -2.46. The standard InChI is InChI=1S/C15H22FNO/c1-11(2)17-15-6-7-18-10-13(15)8-12-4-3-5-14(16)9-12/h3-5,9,11,13,15,17H,6-8,10H2,1-2H3. The monoisotopic (exact) mass is 251 g/mol. The zero-order chi connectivity index (χ0) is 13.0. The Morgan fingerprint density at radius 2 is 2.28 bits per heavy atom. The molecule has 0 aliphatic carbocycles. The van der Waals surface area contributed by atoms with Gasteiger partial charge >= 0.3 is 0 Å². The number of rotatable bonds is 4. The Morgan fingerprint density at radius 3 is 3.00 bits per heavy atom. The van der Waals surface area contributed by atoms with Crippen LogP contribution in [0, 0.1) is 11.7 Å². The largest absolute Gasteiger partial charge is 0.381 e. The van der Waals surface area contributed by atoms with Crippen LogP contribution in [0.3, 0.4) is 0 Å². The molecule has 1 N–H and O–H groups in total. The summed E-state index contributed by atoms with van der Waals surface area (Å²) in [6.45, 7) is 5.91. The number of hydrogen-bond donors (Lipinski definition) is 1. The molecule has 1 aliphatic rings. The van der Waals surface area contributed by atoms with E-state index in [-0.39, 0.29) is 5.82 Å². The van der Waals surface area contributed by atoms with Gasteiger partial charge in [-0.15, -0.1) is 0 Å². The minimum Gasteiger partial charge on any atom is -0.381 e. The third kappa shape index (κ3) is 3.79. The predicted molar refractivity (Wildman–Crippen MR) is 71.1 cm³/mol. The van der Waals surface area contributed by atoms with Crippen LogP contribution in [0.25, 0.3) is 0 Å². The summed E-state index contributed by atoms with van der Waals surface area (Å²) in [4.78, 5) is 0. The highest BCUT2D eigenvalue weighted by Crippen LogP contribution is 2.20. The summed E-state index contributed by atoms with van der Waals surface area (Å²) in [6.07, 6.45) is 1.92. The summed E-state index contributed by atoms with van der Waals surface area (Å²) >= 11 is 0. The summed E-state index contributed by atoms with van der Waals surface area (Å²) in [5, 5.41) is 3.59. The van der Waals surface area contributed by atoms with Crippen LogP contribution < -0.4 is 5.32 Å². The molecule has 2 rings (SSSR count). The van der Waals surface area contributed by atoms with Gasteiger partial charge in [0.15, 0.2) is 0 Å². The number of hydrogen-bond acceptors (Lipinski definition) is 2. The Hall–Kier alpha value is -0.930. The molecular formula is C15H22FNO. The summed E-state index contributed by atoms with van der Waals surface area (Å²) < 4.78 is 18.7. The Labute approximate surface area is 109 Å². The molecule has 0 radical (unpaired) electrons. The van der Waals surface area contributed by atoms with Crippen LogP contribution in [0.5, 0.6) is 0 Å². The Kier molecular flexibility index (Phi) is 4.72. The second kappa shape index (κ2) is 6.30. The van der Waals surface area contributed by atoms with Crippen molar-refractivity contribution in [1.82, 2.24) is 5.32 Å². The van der Waals surface area contributed by atoms with E-state index in [9.17, 15) is 4.39 Å². The van der Waals surface area contributed by atoms with Crippen LogP contribution in [-0.4, -0.2) is 25.3 Å². The first-order valence-corrected chi connectivity index (χ1v) is 6.73. The molecule has 1 heterocycles. The molecule has 3 heteroatoms. The van der Waals surface area contributed by atoms with Gasteiger partial charge in [-0.25, -0.2) is 4.39 Å². The summed E-state index contributed by atoms with van der Waals surface area (Å²) in [7, 11) is 0. The zero-order valence-electron chi connectivity index (χ0n) is 11.2. The molecule has 0 amide bonds. The maximum Gasteiger partial charge on any atom is 0.123 e. The summed E-state index contributed by atoms with van der Waals surface area (Å²) in [5.41, 5.74) is 1.06. The third-order valence-electron chi connectivity index (χ3n) is 3.41. The number of nitrogens with one attached hydrogen (secondary N) is 1. The van der Waals surface area contributed by atoms with Crippen molar-refractivity contribution in [2.45, 2.75) is 38.8 Å². The molecule has 1 saturated heterocycles. The molecule has 0 spiro atoms. The van der Waals surface area contributed by atoms with E-state index in [4.69, 9.17) is 4.74 Å². The van der Waals surface area contributed by atoms with Gasteiger partial charge in [0, 0.05) is 24.6 Å². The van der Waals surface area contributed by atoms with Crippen LogP contribution >= 0.6 is 0 Å². The average Bonchev–Trinajstić information content (AvgIpc) is 2.31. The van der Waals surface area contributed by atoms with Gasteiger partial charge in [0.05, 0.1) is 6.61 Å². The van der Waals surface area contributed by atoms with E-state index in [0.29, 0.717) is 18.0 Å². The third-order valence-corrected chi connectivity index (χ3v) is 3.41. The summed E-state index contributed by atoms with van der Waals surface area (Å²) in [5.74, 6) is 0.278. The van der Waals surface area contributed by atoms with Gasteiger partial charge in [-0.1, -0.05) is 26.0 Å². The Balaban J connectivity index is 2.00. The first-order chi connectivity index (χ1) is 8.65. The van der Waals surface area contributed by atoms with E-state index in [1.807, 2.05) is 6.07 Å². The van der Waals surface area contributed by atoms with Crippen LogP contribution in [0.1, 0.15) is 25.8 Å². The predicted octanol–water partition coefficient (Wildman–Crippen LogP) is 2.77. The molecule has 2 atom stereocenters. The van der Waals surface area contributed by atoms with E-state index in [2.05, 4.69) is 19.2 Å².